The van der Waals surface area contributed by atoms with Crippen molar-refractivity contribution >= 4 is 17.0 Å². The van der Waals surface area contributed by atoms with E-state index in [1.807, 2.05) is 0 Å². The Kier molecular flexibility index (Phi) is 12.6. The van der Waals surface area contributed by atoms with Crippen LogP contribution in [-0.4, -0.2) is 0 Å². The van der Waals surface area contributed by atoms with Gasteiger partial charge in [-0.2, -0.15) is 0 Å². The standard InChI is InChI=1S/3C2H5.BrH.Zr/c3*1-2;;/h3*1H2,2H3;1H;. The van der Waals surface area contributed by atoms with Crippen LogP contribution in [0, 0.1) is 0 Å². The Bertz CT molecular complexity index is 30.0. The molecule has 0 spiro atoms. The molecule has 0 fully saturated rings. The summed E-state index contributed by atoms with van der Waals surface area (Å²) in [7, 11) is 0. The summed E-state index contributed by atoms with van der Waals surface area (Å²) in [5.74, 6) is 0. The van der Waals surface area contributed by atoms with Crippen LogP contribution in [0.4, 0.5) is 0 Å². The fourth-order valence-corrected chi connectivity index (χ4v) is 4.44. The molecule has 0 saturated carbocycles. The van der Waals surface area contributed by atoms with E-state index in [1.165, 1.54) is 0 Å². The van der Waals surface area contributed by atoms with Gasteiger partial charge >= 0.3 is 54.9 Å². The van der Waals surface area contributed by atoms with E-state index >= 15 is 0 Å². The van der Waals surface area contributed by atoms with Crippen molar-refractivity contribution in [3.8, 4) is 0 Å². The monoisotopic (exact) mass is 257 g/mol. The number of hydrogen-bond acceptors (Lipinski definition) is 0. The molecule has 0 aliphatic carbocycles. The van der Waals surface area contributed by atoms with Crippen molar-refractivity contribution in [1.82, 2.24) is 0 Å². The van der Waals surface area contributed by atoms with Gasteiger partial charge in [-0.25, -0.2) is 0 Å². The van der Waals surface area contributed by atoms with Crippen molar-refractivity contribution in [2.45, 2.75) is 33.2 Å². The topological polar surface area (TPSA) is 0 Å². The third kappa shape index (κ3) is 5.50. The van der Waals surface area contributed by atoms with E-state index < -0.39 is 21.8 Å². The van der Waals surface area contributed by atoms with E-state index in [4.69, 9.17) is 0 Å². The van der Waals surface area contributed by atoms with E-state index in [0.29, 0.717) is 0 Å². The Morgan fingerprint density at radius 2 is 1.12 bits per heavy atom. The Morgan fingerprint density at radius 1 is 0.875 bits per heavy atom. The van der Waals surface area contributed by atoms with Crippen LogP contribution < -0.4 is 0 Å². The predicted octanol–water partition coefficient (Wildman–Crippen LogP) is 3.50. The molecular formula is C6H16BrZr. The van der Waals surface area contributed by atoms with Gasteiger partial charge in [0.15, 0.2) is 0 Å². The molecule has 8 heavy (non-hydrogen) atoms. The van der Waals surface area contributed by atoms with Gasteiger partial charge in [0, 0.05) is 0 Å². The van der Waals surface area contributed by atoms with Crippen LogP contribution in [0.2, 0.25) is 12.4 Å². The maximum atomic E-state index is 2.35. The van der Waals surface area contributed by atoms with Crippen LogP contribution in [0.3, 0.4) is 0 Å². The summed E-state index contributed by atoms with van der Waals surface area (Å²) in [6, 6.07) is 0. The van der Waals surface area contributed by atoms with Crippen molar-refractivity contribution in [1.29, 1.82) is 0 Å². The Balaban J connectivity index is 0. The van der Waals surface area contributed by atoms with Gasteiger partial charge in [0.1, 0.15) is 0 Å². The predicted molar refractivity (Wildman–Crippen MR) is 41.8 cm³/mol. The molecule has 0 rings (SSSR count). The number of hydrogen-bond donors (Lipinski definition) is 0. The van der Waals surface area contributed by atoms with E-state index in [2.05, 4.69) is 20.8 Å². The summed E-state index contributed by atoms with van der Waals surface area (Å²) in [4.78, 5) is 0. The van der Waals surface area contributed by atoms with Crippen molar-refractivity contribution in [2.24, 2.45) is 0 Å². The quantitative estimate of drug-likeness (QED) is 0.727. The molecule has 2 heteroatoms. The minimum atomic E-state index is -0.653. The molecule has 51 valence electrons. The second-order valence-corrected chi connectivity index (χ2v) is 10.7. The normalized spacial score (nSPS) is 7.88. The molecule has 0 radical (unpaired) electrons. The van der Waals surface area contributed by atoms with Gasteiger partial charge in [0.2, 0.25) is 0 Å². The average molecular weight is 259 g/mol. The summed E-state index contributed by atoms with van der Waals surface area (Å²) < 4.78 is 4.65. The molecule has 0 aromatic rings. The van der Waals surface area contributed by atoms with E-state index in [-0.39, 0.29) is 17.0 Å². The van der Waals surface area contributed by atoms with Crippen molar-refractivity contribution in [2.75, 3.05) is 0 Å². The van der Waals surface area contributed by atoms with Crippen LogP contribution in [-0.2, 0) is 21.8 Å². The zero-order chi connectivity index (χ0) is 5.70. The van der Waals surface area contributed by atoms with Crippen LogP contribution in [0.1, 0.15) is 20.8 Å². The van der Waals surface area contributed by atoms with Crippen molar-refractivity contribution in [3.05, 3.63) is 0 Å². The molecule has 0 heterocycles. The first-order valence-electron chi connectivity index (χ1n) is 3.18. The first kappa shape index (κ1) is 12.1. The minimum absolute atomic E-state index is 0. The molecule has 0 aliphatic heterocycles. The Labute approximate surface area is 71.5 Å². The summed E-state index contributed by atoms with van der Waals surface area (Å²) in [6.45, 7) is 7.05. The third-order valence-corrected chi connectivity index (χ3v) is 8.87. The van der Waals surface area contributed by atoms with E-state index in [0.717, 1.165) is 0 Å². The summed E-state index contributed by atoms with van der Waals surface area (Å²) in [5.41, 5.74) is 0. The molecule has 0 bridgehead atoms. The summed E-state index contributed by atoms with van der Waals surface area (Å²) >= 11 is -0.653. The van der Waals surface area contributed by atoms with Gasteiger partial charge < -0.3 is 0 Å². The van der Waals surface area contributed by atoms with Crippen LogP contribution >= 0.6 is 17.0 Å². The molecule has 0 aromatic carbocycles. The molecule has 0 N–H and O–H groups in total. The maximum absolute atomic E-state index is 2.35. The molecular weight excluding hydrogens is 243 g/mol. The van der Waals surface area contributed by atoms with Gasteiger partial charge in [0.25, 0.3) is 0 Å². The zero-order valence-electron chi connectivity index (χ0n) is 6.03. The Hall–Kier alpha value is 1.36. The fraction of sp³-hybridized carbons (Fsp3) is 1.00. The fourth-order valence-electron chi connectivity index (χ4n) is 0.750. The average Bonchev–Trinajstić information content (AvgIpc) is 1.72. The van der Waals surface area contributed by atoms with Gasteiger partial charge in [0.05, 0.1) is 0 Å². The van der Waals surface area contributed by atoms with Crippen LogP contribution in [0.15, 0.2) is 0 Å². The van der Waals surface area contributed by atoms with E-state index in [9.17, 15) is 0 Å². The third-order valence-electron chi connectivity index (χ3n) is 1.50. The molecule has 0 atom stereocenters. The molecule has 0 nitrogen and oxygen atoms in total. The van der Waals surface area contributed by atoms with Gasteiger partial charge in [-0.3, -0.25) is 0 Å². The first-order chi connectivity index (χ1) is 3.35. The molecule has 0 saturated heterocycles. The summed E-state index contributed by atoms with van der Waals surface area (Å²) in [5, 5.41) is 0. The molecule has 0 unspecified atom stereocenters. The Morgan fingerprint density at radius 3 is 1.12 bits per heavy atom. The molecule has 0 amide bonds. The van der Waals surface area contributed by atoms with Gasteiger partial charge in [-0.05, 0) is 0 Å². The van der Waals surface area contributed by atoms with Crippen molar-refractivity contribution in [3.63, 3.8) is 0 Å². The number of halogens is 1. The van der Waals surface area contributed by atoms with Gasteiger partial charge in [-0.1, -0.05) is 0 Å². The van der Waals surface area contributed by atoms with E-state index in [1.54, 1.807) is 12.4 Å². The number of rotatable bonds is 3. The van der Waals surface area contributed by atoms with Crippen LogP contribution in [0.25, 0.3) is 0 Å². The van der Waals surface area contributed by atoms with Gasteiger partial charge in [-0.15, -0.1) is 17.0 Å². The molecule has 0 aromatic heterocycles. The second-order valence-electron chi connectivity index (χ2n) is 1.81. The second kappa shape index (κ2) is 8.36. The summed E-state index contributed by atoms with van der Waals surface area (Å²) in [6.07, 6.45) is 0. The zero-order valence-corrected chi connectivity index (χ0v) is 10.2. The van der Waals surface area contributed by atoms with Crippen LogP contribution in [0.5, 0.6) is 0 Å². The SMILES string of the molecule is Br.C[CH2][Zr]([CH2]C)[CH2]C. The first-order valence-corrected chi connectivity index (χ1v) is 8.40. The molecule has 0 aliphatic rings. The van der Waals surface area contributed by atoms with Crippen molar-refractivity contribution < 1.29 is 21.8 Å².